The van der Waals surface area contributed by atoms with Crippen LogP contribution >= 0.6 is 0 Å². The van der Waals surface area contributed by atoms with E-state index in [1.807, 2.05) is 0 Å². The van der Waals surface area contributed by atoms with Crippen LogP contribution < -0.4 is 5.32 Å². The van der Waals surface area contributed by atoms with Gasteiger partial charge < -0.3 is 5.32 Å². The summed E-state index contributed by atoms with van der Waals surface area (Å²) in [5.41, 5.74) is 1.38. The smallest absolute Gasteiger partial charge is 0.0537 e. The van der Waals surface area contributed by atoms with Crippen LogP contribution in [0.15, 0.2) is 12.4 Å². The van der Waals surface area contributed by atoms with Crippen LogP contribution in [0.5, 0.6) is 0 Å². The van der Waals surface area contributed by atoms with E-state index >= 15 is 0 Å². The van der Waals surface area contributed by atoms with E-state index in [9.17, 15) is 0 Å². The highest BCUT2D eigenvalue weighted by Gasteiger charge is 2.28. The first kappa shape index (κ1) is 16.5. The van der Waals surface area contributed by atoms with Crippen molar-refractivity contribution in [3.05, 3.63) is 18.0 Å². The Balaban J connectivity index is 1.89. The van der Waals surface area contributed by atoms with Gasteiger partial charge in [0.05, 0.1) is 6.20 Å². The lowest BCUT2D eigenvalue weighted by atomic mass is 9.76. The first-order valence-electron chi connectivity index (χ1n) is 8.98. The number of nitrogens with one attached hydrogen (secondary N) is 1. The van der Waals surface area contributed by atoms with Crippen molar-refractivity contribution in [3.8, 4) is 0 Å². The maximum absolute atomic E-state index is 4.50. The van der Waals surface area contributed by atoms with E-state index in [1.54, 1.807) is 0 Å². The first-order valence-corrected chi connectivity index (χ1v) is 8.98. The normalized spacial score (nSPS) is 24.1. The van der Waals surface area contributed by atoms with Gasteiger partial charge in [-0.05, 0) is 38.1 Å². The zero-order chi connectivity index (χ0) is 15.1. The molecule has 3 nitrogen and oxygen atoms in total. The maximum atomic E-state index is 4.50. The van der Waals surface area contributed by atoms with E-state index in [0.29, 0.717) is 6.04 Å². The fourth-order valence-corrected chi connectivity index (χ4v) is 3.87. The minimum Gasteiger partial charge on any atom is -0.313 e. The summed E-state index contributed by atoms with van der Waals surface area (Å²) in [7, 11) is 2.10. The molecule has 3 heteroatoms. The molecule has 1 unspecified atom stereocenters. The average molecular weight is 291 g/mol. The third-order valence-corrected chi connectivity index (χ3v) is 5.10. The Morgan fingerprint density at radius 2 is 2.00 bits per heavy atom. The number of unbranched alkanes of at least 4 members (excludes halogenated alkanes) is 1. The Morgan fingerprint density at radius 1 is 1.24 bits per heavy atom. The zero-order valence-electron chi connectivity index (χ0n) is 14.1. The molecular weight excluding hydrogens is 258 g/mol. The molecule has 1 N–H and O–H groups in total. The van der Waals surface area contributed by atoms with Crippen molar-refractivity contribution in [1.29, 1.82) is 0 Å². The van der Waals surface area contributed by atoms with Gasteiger partial charge in [0.1, 0.15) is 0 Å². The Kier molecular flexibility index (Phi) is 6.75. The van der Waals surface area contributed by atoms with Crippen molar-refractivity contribution in [2.75, 3.05) is 7.05 Å². The van der Waals surface area contributed by atoms with Gasteiger partial charge in [-0.25, -0.2) is 0 Å². The van der Waals surface area contributed by atoms with Crippen molar-refractivity contribution in [1.82, 2.24) is 15.1 Å². The van der Waals surface area contributed by atoms with Gasteiger partial charge in [0.2, 0.25) is 0 Å². The molecule has 2 rings (SSSR count). The van der Waals surface area contributed by atoms with Gasteiger partial charge in [0, 0.05) is 24.3 Å². The van der Waals surface area contributed by atoms with Crippen LogP contribution in [0.3, 0.4) is 0 Å². The summed E-state index contributed by atoms with van der Waals surface area (Å²) >= 11 is 0. The predicted octanol–water partition coefficient (Wildman–Crippen LogP) is 4.55. The van der Waals surface area contributed by atoms with E-state index in [-0.39, 0.29) is 0 Å². The fraction of sp³-hybridized carbons (Fsp3) is 0.833. The lowest BCUT2D eigenvalue weighted by Crippen LogP contribution is -2.28. The van der Waals surface area contributed by atoms with Crippen LogP contribution in [0, 0.1) is 11.8 Å². The van der Waals surface area contributed by atoms with Crippen molar-refractivity contribution < 1.29 is 0 Å². The summed E-state index contributed by atoms with van der Waals surface area (Å²) in [5, 5.41) is 8.05. The second-order valence-corrected chi connectivity index (χ2v) is 6.73. The second-order valence-electron chi connectivity index (χ2n) is 6.73. The van der Waals surface area contributed by atoms with Crippen molar-refractivity contribution in [2.24, 2.45) is 11.8 Å². The highest BCUT2D eigenvalue weighted by atomic mass is 15.3. The second kappa shape index (κ2) is 8.57. The fourth-order valence-electron chi connectivity index (χ4n) is 3.87. The third-order valence-electron chi connectivity index (χ3n) is 5.10. The molecule has 0 bridgehead atoms. The Hall–Kier alpha value is -0.830. The summed E-state index contributed by atoms with van der Waals surface area (Å²) in [6.07, 6.45) is 15.3. The van der Waals surface area contributed by atoms with Gasteiger partial charge >= 0.3 is 0 Å². The highest BCUT2D eigenvalue weighted by molar-refractivity contribution is 5.12. The summed E-state index contributed by atoms with van der Waals surface area (Å²) in [6.45, 7) is 5.53. The SMILES string of the molecule is CCCCC1CCC(C(NC)c2cnn(CCC)c2)CC1. The molecule has 0 radical (unpaired) electrons. The Bertz CT molecular complexity index is 391. The quantitative estimate of drug-likeness (QED) is 0.761. The summed E-state index contributed by atoms with van der Waals surface area (Å²) in [4.78, 5) is 0. The maximum Gasteiger partial charge on any atom is 0.0537 e. The third kappa shape index (κ3) is 4.57. The molecule has 0 saturated heterocycles. The standard InChI is InChI=1S/C18H33N3/c1-4-6-7-15-8-10-16(11-9-15)18(19-3)17-13-20-21(14-17)12-5-2/h13-16,18-19H,4-12H2,1-3H3. The summed E-state index contributed by atoms with van der Waals surface area (Å²) in [5.74, 6) is 1.77. The van der Waals surface area contributed by atoms with Gasteiger partial charge in [-0.15, -0.1) is 0 Å². The molecule has 120 valence electrons. The van der Waals surface area contributed by atoms with Crippen molar-refractivity contribution >= 4 is 0 Å². The van der Waals surface area contributed by atoms with Crippen molar-refractivity contribution in [3.63, 3.8) is 0 Å². The molecule has 1 atom stereocenters. The summed E-state index contributed by atoms with van der Waals surface area (Å²) < 4.78 is 2.09. The number of hydrogen-bond donors (Lipinski definition) is 1. The molecular formula is C18H33N3. The largest absolute Gasteiger partial charge is 0.313 e. The molecule has 0 aromatic carbocycles. The molecule has 21 heavy (non-hydrogen) atoms. The number of rotatable bonds is 8. The van der Waals surface area contributed by atoms with E-state index in [0.717, 1.165) is 24.8 Å². The topological polar surface area (TPSA) is 29.9 Å². The van der Waals surface area contributed by atoms with Gasteiger partial charge in [-0.2, -0.15) is 5.10 Å². The number of aryl methyl sites for hydroxylation is 1. The van der Waals surface area contributed by atoms with Gasteiger partial charge in [0.15, 0.2) is 0 Å². The van der Waals surface area contributed by atoms with Crippen LogP contribution in [0.2, 0.25) is 0 Å². The molecule has 1 aromatic heterocycles. The molecule has 1 aliphatic rings. The van der Waals surface area contributed by atoms with E-state index in [1.165, 1.54) is 50.5 Å². The molecule has 1 fully saturated rings. The number of hydrogen-bond acceptors (Lipinski definition) is 2. The summed E-state index contributed by atoms with van der Waals surface area (Å²) in [6, 6.07) is 0.489. The number of aromatic nitrogens is 2. The Labute approximate surface area is 130 Å². The average Bonchev–Trinajstić information content (AvgIpc) is 2.96. The van der Waals surface area contributed by atoms with E-state index in [2.05, 4.69) is 48.4 Å². The molecule has 1 aromatic rings. The van der Waals surface area contributed by atoms with E-state index < -0.39 is 0 Å². The molecule has 1 saturated carbocycles. The highest BCUT2D eigenvalue weighted by Crippen LogP contribution is 2.38. The van der Waals surface area contributed by atoms with Crippen LogP contribution in [0.4, 0.5) is 0 Å². The monoisotopic (exact) mass is 291 g/mol. The minimum absolute atomic E-state index is 0.489. The molecule has 0 amide bonds. The van der Waals surface area contributed by atoms with Gasteiger partial charge in [-0.1, -0.05) is 46.0 Å². The molecule has 0 aliphatic heterocycles. The van der Waals surface area contributed by atoms with E-state index in [4.69, 9.17) is 0 Å². The molecule has 1 aliphatic carbocycles. The van der Waals surface area contributed by atoms with Gasteiger partial charge in [-0.3, -0.25) is 4.68 Å². The lowest BCUT2D eigenvalue weighted by molar-refractivity contribution is 0.218. The lowest BCUT2D eigenvalue weighted by Gasteiger charge is -2.33. The Morgan fingerprint density at radius 3 is 2.62 bits per heavy atom. The molecule has 1 heterocycles. The van der Waals surface area contributed by atoms with Crippen LogP contribution in [-0.4, -0.2) is 16.8 Å². The van der Waals surface area contributed by atoms with Crippen LogP contribution in [-0.2, 0) is 6.54 Å². The first-order chi connectivity index (χ1) is 10.3. The zero-order valence-corrected chi connectivity index (χ0v) is 14.1. The number of nitrogens with zero attached hydrogens (tertiary/aromatic N) is 2. The van der Waals surface area contributed by atoms with Crippen LogP contribution in [0.1, 0.15) is 76.8 Å². The molecule has 0 spiro atoms. The predicted molar refractivity (Wildman–Crippen MR) is 89.3 cm³/mol. The minimum atomic E-state index is 0.489. The van der Waals surface area contributed by atoms with Gasteiger partial charge in [0.25, 0.3) is 0 Å². The van der Waals surface area contributed by atoms with Crippen molar-refractivity contribution in [2.45, 2.75) is 77.8 Å². The van der Waals surface area contributed by atoms with Crippen LogP contribution in [0.25, 0.3) is 0 Å².